The first-order chi connectivity index (χ1) is 11.1. The van der Waals surface area contributed by atoms with Crippen LogP contribution < -0.4 is 10.5 Å². The van der Waals surface area contributed by atoms with E-state index in [0.717, 1.165) is 12.3 Å². The van der Waals surface area contributed by atoms with E-state index >= 15 is 0 Å². The average Bonchev–Trinajstić information content (AvgIpc) is 3.15. The van der Waals surface area contributed by atoms with Crippen LogP contribution >= 0.6 is 11.6 Å². The van der Waals surface area contributed by atoms with E-state index in [1.807, 2.05) is 0 Å². The van der Waals surface area contributed by atoms with Crippen molar-refractivity contribution >= 4 is 23.4 Å². The number of nitrogens with zero attached hydrogens (tertiary/aromatic N) is 1. The van der Waals surface area contributed by atoms with Crippen molar-refractivity contribution in [2.75, 3.05) is 7.11 Å². The van der Waals surface area contributed by atoms with Crippen LogP contribution in [0.5, 0.6) is 5.75 Å². The van der Waals surface area contributed by atoms with Gasteiger partial charge in [0.05, 0.1) is 19.1 Å². The molecular weight excluding hydrogens is 316 g/mol. The van der Waals surface area contributed by atoms with E-state index in [-0.39, 0.29) is 11.8 Å². The second-order valence-electron chi connectivity index (χ2n) is 6.42. The van der Waals surface area contributed by atoms with Crippen molar-refractivity contribution in [3.8, 4) is 5.75 Å². The zero-order chi connectivity index (χ0) is 16.4. The number of fused-ring (bicyclic) bond motifs is 2. The van der Waals surface area contributed by atoms with E-state index < -0.39 is 0 Å². The molecule has 6 heteroatoms. The summed E-state index contributed by atoms with van der Waals surface area (Å²) < 4.78 is 5.21. The van der Waals surface area contributed by atoms with E-state index in [1.54, 1.807) is 18.2 Å². The molecule has 0 saturated heterocycles. The lowest BCUT2D eigenvalue weighted by Gasteiger charge is -2.19. The molecule has 2 aliphatic rings. The Morgan fingerprint density at radius 3 is 2.87 bits per heavy atom. The van der Waals surface area contributed by atoms with Gasteiger partial charge in [0.1, 0.15) is 5.75 Å². The third-order valence-corrected chi connectivity index (χ3v) is 5.23. The van der Waals surface area contributed by atoms with Crippen LogP contribution in [0.25, 0.3) is 0 Å². The Morgan fingerprint density at radius 2 is 2.22 bits per heavy atom. The standard InChI is InChI=1S/C17H21ClN2O3/c1-22-15-5-4-13(18)9-14(15)17(19)20-23-16(21)8-12-7-10-2-3-11(12)6-10/h4-5,9-12H,2-3,6-8H2,1H3,(H2,19,20)/t10-,11-,12+/m1/s1. The minimum atomic E-state index is -0.327. The maximum Gasteiger partial charge on any atom is 0.335 e. The van der Waals surface area contributed by atoms with Crippen LogP contribution in [-0.4, -0.2) is 18.9 Å². The summed E-state index contributed by atoms with van der Waals surface area (Å²) in [6.07, 6.45) is 5.39. The molecule has 1 aromatic rings. The van der Waals surface area contributed by atoms with Gasteiger partial charge in [-0.2, -0.15) is 0 Å². The van der Waals surface area contributed by atoms with E-state index in [4.69, 9.17) is 26.9 Å². The molecule has 0 amide bonds. The second-order valence-corrected chi connectivity index (χ2v) is 6.86. The van der Waals surface area contributed by atoms with Crippen molar-refractivity contribution < 1.29 is 14.4 Å². The van der Waals surface area contributed by atoms with Gasteiger partial charge in [0.15, 0.2) is 5.84 Å². The molecule has 124 valence electrons. The largest absolute Gasteiger partial charge is 0.496 e. The highest BCUT2D eigenvalue weighted by Gasteiger charge is 2.40. The molecule has 2 fully saturated rings. The molecule has 0 aromatic heterocycles. The Kier molecular flexibility index (Phi) is 4.76. The highest BCUT2D eigenvalue weighted by molar-refractivity contribution is 6.31. The fourth-order valence-electron chi connectivity index (χ4n) is 3.91. The highest BCUT2D eigenvalue weighted by atomic mass is 35.5. The number of hydrogen-bond donors (Lipinski definition) is 1. The summed E-state index contributed by atoms with van der Waals surface area (Å²) in [6.45, 7) is 0. The number of oxime groups is 1. The smallest absolute Gasteiger partial charge is 0.335 e. The molecular formula is C17H21ClN2O3. The predicted octanol–water partition coefficient (Wildman–Crippen LogP) is 3.34. The number of carbonyl (C=O) groups excluding carboxylic acids is 1. The van der Waals surface area contributed by atoms with Gasteiger partial charge in [-0.15, -0.1) is 0 Å². The fraction of sp³-hybridized carbons (Fsp3) is 0.529. The third kappa shape index (κ3) is 3.61. The number of benzene rings is 1. The number of ether oxygens (including phenoxy) is 1. The van der Waals surface area contributed by atoms with Crippen molar-refractivity contribution in [2.24, 2.45) is 28.6 Å². The normalized spacial score (nSPS) is 26.3. The summed E-state index contributed by atoms with van der Waals surface area (Å²) in [4.78, 5) is 17.0. The molecule has 3 atom stereocenters. The lowest BCUT2D eigenvalue weighted by molar-refractivity contribution is -0.145. The summed E-state index contributed by atoms with van der Waals surface area (Å²) in [5.74, 6) is 2.21. The zero-order valence-corrected chi connectivity index (χ0v) is 13.9. The fourth-order valence-corrected chi connectivity index (χ4v) is 4.08. The lowest BCUT2D eigenvalue weighted by Crippen LogP contribution is -2.19. The van der Waals surface area contributed by atoms with Crippen LogP contribution in [0.15, 0.2) is 23.4 Å². The van der Waals surface area contributed by atoms with Crippen LogP contribution in [0, 0.1) is 17.8 Å². The SMILES string of the molecule is COc1ccc(Cl)cc1/C(N)=N\OC(=O)C[C@@H]1C[C@@H]2CC[C@@H]1C2. The topological polar surface area (TPSA) is 73.9 Å². The maximum absolute atomic E-state index is 12.0. The van der Waals surface area contributed by atoms with Crippen molar-refractivity contribution in [3.05, 3.63) is 28.8 Å². The Morgan fingerprint density at radius 1 is 1.39 bits per heavy atom. The Labute approximate surface area is 140 Å². The molecule has 2 N–H and O–H groups in total. The second kappa shape index (κ2) is 6.79. The Balaban J connectivity index is 1.60. The van der Waals surface area contributed by atoms with E-state index in [1.165, 1.54) is 26.4 Å². The lowest BCUT2D eigenvalue weighted by atomic mass is 9.86. The summed E-state index contributed by atoms with van der Waals surface area (Å²) in [5, 5.41) is 4.26. The molecule has 0 spiro atoms. The first kappa shape index (κ1) is 16.1. The van der Waals surface area contributed by atoms with Crippen LogP contribution in [-0.2, 0) is 9.63 Å². The van der Waals surface area contributed by atoms with Crippen molar-refractivity contribution in [1.82, 2.24) is 0 Å². The van der Waals surface area contributed by atoms with Crippen LogP contribution in [0.3, 0.4) is 0 Å². The quantitative estimate of drug-likeness (QED) is 0.387. The van der Waals surface area contributed by atoms with E-state index in [0.29, 0.717) is 34.6 Å². The van der Waals surface area contributed by atoms with Crippen LogP contribution in [0.4, 0.5) is 0 Å². The van der Waals surface area contributed by atoms with Gasteiger partial charge in [0.25, 0.3) is 0 Å². The van der Waals surface area contributed by atoms with Gasteiger partial charge in [0.2, 0.25) is 0 Å². The number of hydrogen-bond acceptors (Lipinski definition) is 4. The summed E-state index contributed by atoms with van der Waals surface area (Å²) in [7, 11) is 1.53. The molecule has 2 bridgehead atoms. The van der Waals surface area contributed by atoms with Gasteiger partial charge in [-0.3, -0.25) is 0 Å². The number of methoxy groups -OCH3 is 1. The molecule has 23 heavy (non-hydrogen) atoms. The summed E-state index contributed by atoms with van der Waals surface area (Å²) >= 11 is 5.96. The van der Waals surface area contributed by atoms with Gasteiger partial charge >= 0.3 is 5.97 Å². The third-order valence-electron chi connectivity index (χ3n) is 5.00. The number of halogens is 1. The molecule has 0 heterocycles. The van der Waals surface area contributed by atoms with Gasteiger partial charge in [-0.25, -0.2) is 4.79 Å². The number of rotatable bonds is 5. The monoisotopic (exact) mass is 336 g/mol. The molecule has 0 radical (unpaired) electrons. The molecule has 2 aliphatic carbocycles. The molecule has 1 aromatic carbocycles. The van der Waals surface area contributed by atoms with Crippen LogP contribution in [0.1, 0.15) is 37.7 Å². The Bertz CT molecular complexity index is 632. The highest BCUT2D eigenvalue weighted by Crippen LogP contribution is 2.49. The molecule has 0 unspecified atom stereocenters. The Hall–Kier alpha value is -1.75. The number of amidine groups is 1. The van der Waals surface area contributed by atoms with Gasteiger partial charge in [-0.05, 0) is 55.2 Å². The minimum Gasteiger partial charge on any atom is -0.496 e. The first-order valence-electron chi connectivity index (χ1n) is 7.94. The molecule has 5 nitrogen and oxygen atoms in total. The summed E-state index contributed by atoms with van der Waals surface area (Å²) in [5.41, 5.74) is 6.40. The molecule has 3 rings (SSSR count). The van der Waals surface area contributed by atoms with E-state index in [9.17, 15) is 4.79 Å². The first-order valence-corrected chi connectivity index (χ1v) is 8.32. The van der Waals surface area contributed by atoms with Gasteiger partial charge < -0.3 is 15.3 Å². The minimum absolute atomic E-state index is 0.0747. The number of nitrogens with two attached hydrogens (primary N) is 1. The number of carbonyl (C=O) groups is 1. The maximum atomic E-state index is 12.0. The van der Waals surface area contributed by atoms with Crippen LogP contribution in [0.2, 0.25) is 5.02 Å². The molecule has 0 aliphatic heterocycles. The van der Waals surface area contributed by atoms with Crippen molar-refractivity contribution in [3.63, 3.8) is 0 Å². The molecule has 2 saturated carbocycles. The van der Waals surface area contributed by atoms with Gasteiger partial charge in [0, 0.05) is 5.02 Å². The predicted molar refractivity (Wildman–Crippen MR) is 88.4 cm³/mol. The zero-order valence-electron chi connectivity index (χ0n) is 13.1. The van der Waals surface area contributed by atoms with E-state index in [2.05, 4.69) is 5.16 Å². The van der Waals surface area contributed by atoms with Gasteiger partial charge in [-0.1, -0.05) is 23.2 Å². The van der Waals surface area contributed by atoms with Crippen molar-refractivity contribution in [1.29, 1.82) is 0 Å². The average molecular weight is 337 g/mol. The summed E-state index contributed by atoms with van der Waals surface area (Å²) in [6, 6.07) is 5.01. The van der Waals surface area contributed by atoms with Crippen molar-refractivity contribution in [2.45, 2.75) is 32.1 Å².